The number of nitrogens with one attached hydrogen (secondary N) is 1. The summed E-state index contributed by atoms with van der Waals surface area (Å²) in [4.78, 5) is 31.5. The van der Waals surface area contributed by atoms with Gasteiger partial charge >= 0.3 is 5.97 Å². The van der Waals surface area contributed by atoms with Crippen molar-refractivity contribution in [3.8, 4) is 11.8 Å². The monoisotopic (exact) mass is 522 g/mol. The lowest BCUT2D eigenvalue weighted by Gasteiger charge is -2.23. The van der Waals surface area contributed by atoms with Crippen LogP contribution in [0.2, 0.25) is 5.15 Å². The SMILES string of the molecule is CCOC(=O)c1nn(Cc2ccccc2)c(Cl)c1CCN[C@@H]1C(=O)N(C)c2ncc(C#N)cc2O[C@@H]1C. The number of nitriles is 1. The highest BCUT2D eigenvalue weighted by Crippen LogP contribution is 2.31. The molecule has 1 N–H and O–H groups in total. The van der Waals surface area contributed by atoms with Crippen LogP contribution in [0.3, 0.4) is 0 Å². The lowest BCUT2D eigenvalue weighted by Crippen LogP contribution is -2.51. The number of amides is 1. The minimum absolute atomic E-state index is 0.152. The van der Waals surface area contributed by atoms with Crippen LogP contribution in [-0.2, 0) is 22.5 Å². The van der Waals surface area contributed by atoms with Gasteiger partial charge in [-0.05, 0) is 25.8 Å². The van der Waals surface area contributed by atoms with Crippen LogP contribution in [0, 0.1) is 11.3 Å². The Morgan fingerprint density at radius 1 is 1.32 bits per heavy atom. The molecule has 0 fully saturated rings. The topological polar surface area (TPSA) is 122 Å². The summed E-state index contributed by atoms with van der Waals surface area (Å²) in [6.07, 6.45) is 1.18. The highest BCUT2D eigenvalue weighted by molar-refractivity contribution is 6.30. The lowest BCUT2D eigenvalue weighted by atomic mass is 10.1. The Morgan fingerprint density at radius 2 is 2.08 bits per heavy atom. The predicted molar refractivity (Wildman–Crippen MR) is 137 cm³/mol. The average Bonchev–Trinajstić information content (AvgIpc) is 3.16. The Morgan fingerprint density at radius 3 is 2.78 bits per heavy atom. The quantitative estimate of drug-likeness (QED) is 0.448. The van der Waals surface area contributed by atoms with Gasteiger partial charge in [-0.1, -0.05) is 41.9 Å². The van der Waals surface area contributed by atoms with Crippen LogP contribution in [0.1, 0.15) is 41.0 Å². The fraction of sp³-hybridized carbons (Fsp3) is 0.346. The summed E-state index contributed by atoms with van der Waals surface area (Å²) < 4.78 is 12.8. The molecule has 3 heterocycles. The van der Waals surface area contributed by atoms with Gasteiger partial charge in [-0.3, -0.25) is 9.69 Å². The van der Waals surface area contributed by atoms with Crippen LogP contribution in [-0.4, -0.2) is 59.0 Å². The molecular formula is C26H27ClN6O4. The second-order valence-electron chi connectivity index (χ2n) is 8.54. The molecule has 1 aromatic carbocycles. The molecule has 0 bridgehead atoms. The number of benzene rings is 1. The summed E-state index contributed by atoms with van der Waals surface area (Å²) in [5.41, 5.74) is 2.01. The van der Waals surface area contributed by atoms with E-state index in [4.69, 9.17) is 21.1 Å². The largest absolute Gasteiger partial charge is 0.485 e. The Balaban J connectivity index is 1.52. The third kappa shape index (κ3) is 5.58. The molecule has 1 aliphatic rings. The Hall–Kier alpha value is -3.94. The molecule has 0 saturated heterocycles. The number of nitrogens with zero attached hydrogens (tertiary/aromatic N) is 5. The Kier molecular flexibility index (Phi) is 8.06. The van der Waals surface area contributed by atoms with E-state index < -0.39 is 18.1 Å². The zero-order valence-corrected chi connectivity index (χ0v) is 21.5. The van der Waals surface area contributed by atoms with Crippen molar-refractivity contribution in [2.45, 2.75) is 39.0 Å². The Labute approximate surface area is 219 Å². The first-order valence-electron chi connectivity index (χ1n) is 11.9. The summed E-state index contributed by atoms with van der Waals surface area (Å²) >= 11 is 6.67. The number of aromatic nitrogens is 3. The van der Waals surface area contributed by atoms with Crippen molar-refractivity contribution in [2.24, 2.45) is 0 Å². The highest BCUT2D eigenvalue weighted by atomic mass is 35.5. The number of ether oxygens (including phenoxy) is 2. The van der Waals surface area contributed by atoms with Gasteiger partial charge in [-0.2, -0.15) is 10.4 Å². The van der Waals surface area contributed by atoms with Crippen LogP contribution in [0.25, 0.3) is 0 Å². The highest BCUT2D eigenvalue weighted by Gasteiger charge is 2.35. The number of esters is 1. The number of pyridine rings is 1. The molecule has 0 unspecified atom stereocenters. The number of halogens is 1. The minimum Gasteiger partial charge on any atom is -0.485 e. The maximum atomic E-state index is 13.2. The van der Waals surface area contributed by atoms with Gasteiger partial charge in [-0.15, -0.1) is 0 Å². The van der Waals surface area contributed by atoms with E-state index in [1.807, 2.05) is 36.4 Å². The minimum atomic E-state index is -0.700. The number of rotatable bonds is 8. The molecule has 0 saturated carbocycles. The smallest absolute Gasteiger partial charge is 0.359 e. The predicted octanol–water partition coefficient (Wildman–Crippen LogP) is 2.97. The lowest BCUT2D eigenvalue weighted by molar-refractivity contribution is -0.121. The first-order chi connectivity index (χ1) is 17.8. The number of likely N-dealkylation sites (N-methyl/N-ethyl adjacent to an activating group) is 1. The molecule has 192 valence electrons. The van der Waals surface area contributed by atoms with Gasteiger partial charge in [0, 0.05) is 31.4 Å². The van der Waals surface area contributed by atoms with E-state index in [1.165, 1.54) is 11.1 Å². The maximum Gasteiger partial charge on any atom is 0.359 e. The van der Waals surface area contributed by atoms with E-state index in [0.29, 0.717) is 47.4 Å². The van der Waals surface area contributed by atoms with Gasteiger partial charge in [-0.25, -0.2) is 14.5 Å². The molecule has 11 heteroatoms. The van der Waals surface area contributed by atoms with E-state index >= 15 is 0 Å². The molecule has 1 amide bonds. The van der Waals surface area contributed by atoms with E-state index in [9.17, 15) is 14.9 Å². The molecule has 4 rings (SSSR count). The van der Waals surface area contributed by atoms with Crippen molar-refractivity contribution < 1.29 is 19.1 Å². The molecule has 1 aliphatic heterocycles. The molecule has 3 aromatic rings. The standard InChI is InChI=1S/C26H27ClN6O4/c1-4-36-26(35)22-19(23(27)33(31-22)15-17-8-6-5-7-9-17)10-11-29-21-16(2)37-20-12-18(13-28)14-30-24(20)32(3)25(21)34/h5-9,12,14,16,21,29H,4,10-11,15H2,1-3H3/t16-,21+/m1/s1. The Bertz CT molecular complexity index is 1340. The van der Waals surface area contributed by atoms with Crippen LogP contribution >= 0.6 is 11.6 Å². The van der Waals surface area contributed by atoms with Crippen LogP contribution in [0.15, 0.2) is 42.6 Å². The molecule has 2 atom stereocenters. The van der Waals surface area contributed by atoms with E-state index in [1.54, 1.807) is 31.6 Å². The van der Waals surface area contributed by atoms with Crippen molar-refractivity contribution in [2.75, 3.05) is 25.1 Å². The van der Waals surface area contributed by atoms with Crippen molar-refractivity contribution >= 4 is 29.3 Å². The number of carbonyl (C=O) groups excluding carboxylic acids is 2. The van der Waals surface area contributed by atoms with Crippen molar-refractivity contribution in [3.05, 3.63) is 70.1 Å². The third-order valence-electron chi connectivity index (χ3n) is 6.02. The molecular weight excluding hydrogens is 496 g/mol. The first kappa shape index (κ1) is 26.1. The molecule has 2 aromatic heterocycles. The number of hydrogen-bond donors (Lipinski definition) is 1. The molecule has 0 aliphatic carbocycles. The van der Waals surface area contributed by atoms with Gasteiger partial charge in [0.15, 0.2) is 17.3 Å². The van der Waals surface area contributed by atoms with Crippen molar-refractivity contribution in [1.29, 1.82) is 5.26 Å². The zero-order valence-electron chi connectivity index (χ0n) is 20.8. The van der Waals surface area contributed by atoms with Gasteiger partial charge in [0.05, 0.1) is 18.7 Å². The van der Waals surface area contributed by atoms with Crippen LogP contribution in [0.4, 0.5) is 5.82 Å². The second-order valence-corrected chi connectivity index (χ2v) is 8.90. The van der Waals surface area contributed by atoms with E-state index in [2.05, 4.69) is 15.4 Å². The van der Waals surface area contributed by atoms with Gasteiger partial charge < -0.3 is 14.8 Å². The zero-order chi connectivity index (χ0) is 26.5. The summed E-state index contributed by atoms with van der Waals surface area (Å²) in [6, 6.07) is 12.6. The van der Waals surface area contributed by atoms with Crippen molar-refractivity contribution in [3.63, 3.8) is 0 Å². The number of anilines is 1. The normalized spacial score (nSPS) is 16.9. The van der Waals surface area contributed by atoms with Gasteiger partial charge in [0.1, 0.15) is 23.4 Å². The summed E-state index contributed by atoms with van der Waals surface area (Å²) in [5.74, 6) is -0.0838. The summed E-state index contributed by atoms with van der Waals surface area (Å²) in [5, 5.41) is 17.2. The molecule has 10 nitrogen and oxygen atoms in total. The number of carbonyl (C=O) groups is 2. The molecule has 0 spiro atoms. The van der Waals surface area contributed by atoms with E-state index in [-0.39, 0.29) is 18.2 Å². The number of fused-ring (bicyclic) bond motifs is 1. The fourth-order valence-corrected chi connectivity index (χ4v) is 4.43. The first-order valence-corrected chi connectivity index (χ1v) is 12.3. The van der Waals surface area contributed by atoms with E-state index in [0.717, 1.165) is 5.56 Å². The maximum absolute atomic E-state index is 13.2. The van der Waals surface area contributed by atoms with Gasteiger partial charge in [0.25, 0.3) is 0 Å². The van der Waals surface area contributed by atoms with Gasteiger partial charge in [0.2, 0.25) is 5.91 Å². The molecule has 0 radical (unpaired) electrons. The fourth-order valence-electron chi connectivity index (χ4n) is 4.15. The van der Waals surface area contributed by atoms with Crippen LogP contribution < -0.4 is 15.0 Å². The summed E-state index contributed by atoms with van der Waals surface area (Å²) in [6.45, 7) is 4.41. The number of hydrogen-bond acceptors (Lipinski definition) is 8. The molecule has 37 heavy (non-hydrogen) atoms. The van der Waals surface area contributed by atoms with Crippen molar-refractivity contribution in [1.82, 2.24) is 20.1 Å². The van der Waals surface area contributed by atoms with Crippen LogP contribution in [0.5, 0.6) is 5.75 Å². The third-order valence-corrected chi connectivity index (χ3v) is 6.45. The average molecular weight is 523 g/mol. The second kappa shape index (κ2) is 11.4. The summed E-state index contributed by atoms with van der Waals surface area (Å²) in [7, 11) is 1.61.